The van der Waals surface area contributed by atoms with E-state index in [9.17, 15) is 14.4 Å². The van der Waals surface area contributed by atoms with E-state index in [0.717, 1.165) is 0 Å². The third kappa shape index (κ3) is 4.46. The quantitative estimate of drug-likeness (QED) is 0.762. The number of ketones is 1. The highest BCUT2D eigenvalue weighted by Crippen LogP contribution is 2.10. The van der Waals surface area contributed by atoms with Crippen LogP contribution in [0.4, 0.5) is 5.69 Å². The van der Waals surface area contributed by atoms with Crippen LogP contribution in [0.1, 0.15) is 24.2 Å². The summed E-state index contributed by atoms with van der Waals surface area (Å²) < 4.78 is 0. The molecule has 0 saturated carbocycles. The first-order valence-corrected chi connectivity index (χ1v) is 5.14. The van der Waals surface area contributed by atoms with Crippen molar-refractivity contribution >= 4 is 23.3 Å². The lowest BCUT2D eigenvalue weighted by Crippen LogP contribution is -2.31. The molecular formula is C12H14N2O3. The van der Waals surface area contributed by atoms with Crippen LogP contribution in [0, 0.1) is 0 Å². The normalized spacial score (nSPS) is 9.53. The zero-order chi connectivity index (χ0) is 12.8. The fourth-order valence-corrected chi connectivity index (χ4v) is 1.23. The Kier molecular flexibility index (Phi) is 4.39. The molecule has 0 heterocycles. The van der Waals surface area contributed by atoms with Gasteiger partial charge in [0.05, 0.1) is 6.54 Å². The smallest absolute Gasteiger partial charge is 0.243 e. The number of hydrogen-bond acceptors (Lipinski definition) is 3. The summed E-state index contributed by atoms with van der Waals surface area (Å²) in [7, 11) is 0. The Morgan fingerprint density at radius 3 is 2.47 bits per heavy atom. The number of benzene rings is 1. The first-order valence-electron chi connectivity index (χ1n) is 5.14. The fraction of sp³-hybridized carbons (Fsp3) is 0.250. The number of carbonyl (C=O) groups excluding carboxylic acids is 3. The molecule has 0 aromatic heterocycles. The molecule has 0 aliphatic rings. The van der Waals surface area contributed by atoms with Gasteiger partial charge in [0.25, 0.3) is 0 Å². The van der Waals surface area contributed by atoms with Gasteiger partial charge in [0, 0.05) is 18.2 Å². The van der Waals surface area contributed by atoms with Gasteiger partial charge < -0.3 is 10.6 Å². The van der Waals surface area contributed by atoms with Crippen LogP contribution in [-0.2, 0) is 9.59 Å². The van der Waals surface area contributed by atoms with Crippen molar-refractivity contribution in [1.29, 1.82) is 0 Å². The molecule has 90 valence electrons. The van der Waals surface area contributed by atoms with Crippen LogP contribution in [0.25, 0.3) is 0 Å². The van der Waals surface area contributed by atoms with Crippen molar-refractivity contribution in [2.75, 3.05) is 11.9 Å². The number of amides is 2. The molecule has 2 amide bonds. The first-order chi connectivity index (χ1) is 7.99. The van der Waals surface area contributed by atoms with E-state index in [2.05, 4.69) is 10.6 Å². The Morgan fingerprint density at radius 1 is 1.18 bits per heavy atom. The van der Waals surface area contributed by atoms with E-state index in [0.29, 0.717) is 11.3 Å². The summed E-state index contributed by atoms with van der Waals surface area (Å²) in [6, 6.07) is 6.63. The van der Waals surface area contributed by atoms with E-state index >= 15 is 0 Å². The lowest BCUT2D eigenvalue weighted by Gasteiger charge is -2.06. The maximum Gasteiger partial charge on any atom is 0.243 e. The molecule has 5 heteroatoms. The minimum atomic E-state index is -0.332. The molecule has 2 N–H and O–H groups in total. The van der Waals surface area contributed by atoms with E-state index < -0.39 is 0 Å². The summed E-state index contributed by atoms with van der Waals surface area (Å²) in [6.45, 7) is 2.71. The van der Waals surface area contributed by atoms with Gasteiger partial charge in [0.1, 0.15) is 0 Å². The standard InChI is InChI=1S/C12H14N2O3/c1-8(15)10-4-3-5-11(6-10)14-12(17)7-13-9(2)16/h3-6H,7H2,1-2H3,(H,13,16)(H,14,17). The zero-order valence-corrected chi connectivity index (χ0v) is 9.74. The summed E-state index contributed by atoms with van der Waals surface area (Å²) >= 11 is 0. The van der Waals surface area contributed by atoms with E-state index in [1.54, 1.807) is 24.3 Å². The van der Waals surface area contributed by atoms with Gasteiger partial charge in [-0.25, -0.2) is 0 Å². The molecule has 1 rings (SSSR count). The van der Waals surface area contributed by atoms with Crippen molar-refractivity contribution in [1.82, 2.24) is 5.32 Å². The molecule has 5 nitrogen and oxygen atoms in total. The van der Waals surface area contributed by atoms with Crippen LogP contribution in [0.2, 0.25) is 0 Å². The van der Waals surface area contributed by atoms with Gasteiger partial charge in [0.15, 0.2) is 5.78 Å². The van der Waals surface area contributed by atoms with Crippen molar-refractivity contribution in [3.8, 4) is 0 Å². The second-order valence-electron chi connectivity index (χ2n) is 3.59. The highest BCUT2D eigenvalue weighted by atomic mass is 16.2. The van der Waals surface area contributed by atoms with Crippen LogP contribution in [-0.4, -0.2) is 24.1 Å². The number of rotatable bonds is 4. The molecule has 0 unspecified atom stereocenters. The molecule has 1 aromatic carbocycles. The second-order valence-corrected chi connectivity index (χ2v) is 3.59. The highest BCUT2D eigenvalue weighted by molar-refractivity contribution is 5.98. The topological polar surface area (TPSA) is 75.3 Å². The van der Waals surface area contributed by atoms with Crippen LogP contribution in [0.3, 0.4) is 0 Å². The molecule has 0 saturated heterocycles. The van der Waals surface area contributed by atoms with Gasteiger partial charge >= 0.3 is 0 Å². The van der Waals surface area contributed by atoms with Gasteiger partial charge in [-0.05, 0) is 19.1 Å². The Balaban J connectivity index is 2.62. The third-order valence-corrected chi connectivity index (χ3v) is 2.05. The minimum Gasteiger partial charge on any atom is -0.347 e. The Labute approximate surface area is 99.2 Å². The maximum atomic E-state index is 11.4. The molecule has 0 radical (unpaired) electrons. The molecule has 1 aromatic rings. The summed E-state index contributed by atoms with van der Waals surface area (Å²) in [4.78, 5) is 33.1. The molecule has 0 atom stereocenters. The summed E-state index contributed by atoms with van der Waals surface area (Å²) in [6.07, 6.45) is 0. The average molecular weight is 234 g/mol. The van der Waals surface area contributed by atoms with Crippen molar-refractivity contribution in [3.63, 3.8) is 0 Å². The van der Waals surface area contributed by atoms with Crippen molar-refractivity contribution < 1.29 is 14.4 Å². The summed E-state index contributed by atoms with van der Waals surface area (Å²) in [5.41, 5.74) is 1.07. The molecule has 0 fully saturated rings. The van der Waals surface area contributed by atoms with Crippen molar-refractivity contribution in [2.24, 2.45) is 0 Å². The number of carbonyl (C=O) groups is 3. The molecular weight excluding hydrogens is 220 g/mol. The van der Waals surface area contributed by atoms with Gasteiger partial charge in [-0.3, -0.25) is 14.4 Å². The monoisotopic (exact) mass is 234 g/mol. The second kappa shape index (κ2) is 5.79. The van der Waals surface area contributed by atoms with E-state index in [4.69, 9.17) is 0 Å². The van der Waals surface area contributed by atoms with Crippen LogP contribution in [0.5, 0.6) is 0 Å². The Morgan fingerprint density at radius 2 is 1.88 bits per heavy atom. The summed E-state index contributed by atoms with van der Waals surface area (Å²) in [5, 5.41) is 4.97. The minimum absolute atomic E-state index is 0.0667. The molecule has 0 aliphatic heterocycles. The van der Waals surface area contributed by atoms with Crippen LogP contribution < -0.4 is 10.6 Å². The SMILES string of the molecule is CC(=O)NCC(=O)Nc1cccc(C(C)=O)c1. The predicted molar refractivity (Wildman–Crippen MR) is 63.8 cm³/mol. The lowest BCUT2D eigenvalue weighted by atomic mass is 10.1. The van der Waals surface area contributed by atoms with Gasteiger partial charge in [-0.2, -0.15) is 0 Å². The van der Waals surface area contributed by atoms with E-state index in [-0.39, 0.29) is 24.1 Å². The largest absolute Gasteiger partial charge is 0.347 e. The predicted octanol–water partition coefficient (Wildman–Crippen LogP) is 0.964. The summed E-state index contributed by atoms with van der Waals surface area (Å²) in [5.74, 6) is -0.665. The third-order valence-electron chi connectivity index (χ3n) is 2.05. The number of hydrogen-bond donors (Lipinski definition) is 2. The first kappa shape index (κ1) is 12.9. The van der Waals surface area contributed by atoms with Crippen LogP contribution >= 0.6 is 0 Å². The molecule has 0 aliphatic carbocycles. The number of Topliss-reactive ketones (excluding diaryl/α,β-unsaturated/α-hetero) is 1. The van der Waals surface area contributed by atoms with Crippen molar-refractivity contribution in [2.45, 2.75) is 13.8 Å². The fourth-order valence-electron chi connectivity index (χ4n) is 1.23. The van der Waals surface area contributed by atoms with E-state index in [1.165, 1.54) is 13.8 Å². The average Bonchev–Trinajstić information content (AvgIpc) is 2.26. The molecule has 0 spiro atoms. The number of anilines is 1. The molecule has 17 heavy (non-hydrogen) atoms. The Hall–Kier alpha value is -2.17. The van der Waals surface area contributed by atoms with Gasteiger partial charge in [-0.1, -0.05) is 12.1 Å². The van der Waals surface area contributed by atoms with Crippen LogP contribution in [0.15, 0.2) is 24.3 Å². The van der Waals surface area contributed by atoms with Crippen molar-refractivity contribution in [3.05, 3.63) is 29.8 Å². The number of nitrogens with one attached hydrogen (secondary N) is 2. The highest BCUT2D eigenvalue weighted by Gasteiger charge is 2.04. The van der Waals surface area contributed by atoms with Gasteiger partial charge in [0.2, 0.25) is 11.8 Å². The molecule has 0 bridgehead atoms. The Bertz CT molecular complexity index is 455. The maximum absolute atomic E-state index is 11.4. The van der Waals surface area contributed by atoms with Gasteiger partial charge in [-0.15, -0.1) is 0 Å². The lowest BCUT2D eigenvalue weighted by molar-refractivity contribution is -0.122. The van der Waals surface area contributed by atoms with E-state index in [1.807, 2.05) is 0 Å². The zero-order valence-electron chi connectivity index (χ0n) is 9.74.